The lowest BCUT2D eigenvalue weighted by Gasteiger charge is -2.27. The number of halogens is 2. The third kappa shape index (κ3) is 3.96. The minimum absolute atomic E-state index is 0.0449. The van der Waals surface area contributed by atoms with E-state index in [1.807, 2.05) is 0 Å². The number of carbonyl (C=O) groups excluding carboxylic acids is 3. The van der Waals surface area contributed by atoms with Gasteiger partial charge in [0.05, 0.1) is 18.6 Å². The Labute approximate surface area is 138 Å². The molecule has 0 N–H and O–H groups in total. The van der Waals surface area contributed by atoms with Crippen LogP contribution in [0.1, 0.15) is 33.3 Å². The maximum atomic E-state index is 14.1. The van der Waals surface area contributed by atoms with Crippen molar-refractivity contribution in [2.45, 2.75) is 33.1 Å². The summed E-state index contributed by atoms with van der Waals surface area (Å²) in [5, 5.41) is 0. The number of rotatable bonds is 7. The first-order valence-corrected chi connectivity index (χ1v) is 7.50. The lowest BCUT2D eigenvalue weighted by molar-refractivity contribution is -0.165. The average molecular weight is 342 g/mol. The summed E-state index contributed by atoms with van der Waals surface area (Å²) in [7, 11) is 0. The Morgan fingerprint density at radius 1 is 1.04 bits per heavy atom. The van der Waals surface area contributed by atoms with Crippen molar-refractivity contribution in [1.29, 1.82) is 0 Å². The molecule has 1 rings (SSSR count). The molecule has 24 heavy (non-hydrogen) atoms. The largest absolute Gasteiger partial charge is 0.465 e. The molecule has 7 heteroatoms. The van der Waals surface area contributed by atoms with Crippen LogP contribution < -0.4 is 0 Å². The fourth-order valence-corrected chi connectivity index (χ4v) is 2.24. The molecule has 0 saturated heterocycles. The van der Waals surface area contributed by atoms with Crippen molar-refractivity contribution in [3.05, 3.63) is 35.4 Å². The minimum Gasteiger partial charge on any atom is -0.465 e. The Morgan fingerprint density at radius 2 is 1.54 bits per heavy atom. The van der Waals surface area contributed by atoms with Gasteiger partial charge in [-0.25, -0.2) is 8.78 Å². The Bertz CT molecular complexity index is 622. The molecule has 1 aromatic rings. The molecule has 0 atom stereocenters. The fraction of sp³-hybridized carbons (Fsp3) is 0.471. The first kappa shape index (κ1) is 19.7. The zero-order valence-corrected chi connectivity index (χ0v) is 14.0. The van der Waals surface area contributed by atoms with E-state index in [1.165, 1.54) is 39.8 Å². The second-order valence-electron chi connectivity index (χ2n) is 5.53. The Morgan fingerprint density at radius 3 is 2.00 bits per heavy atom. The molecular weight excluding hydrogens is 322 g/mol. The van der Waals surface area contributed by atoms with Gasteiger partial charge >= 0.3 is 11.9 Å². The molecule has 0 fully saturated rings. The molecule has 0 aliphatic rings. The van der Waals surface area contributed by atoms with Crippen molar-refractivity contribution in [3.8, 4) is 0 Å². The Hall–Kier alpha value is -2.31. The molecule has 0 heterocycles. The van der Waals surface area contributed by atoms with Crippen molar-refractivity contribution >= 4 is 17.7 Å². The van der Waals surface area contributed by atoms with Crippen LogP contribution in [0.2, 0.25) is 0 Å². The van der Waals surface area contributed by atoms with E-state index in [1.54, 1.807) is 0 Å². The van der Waals surface area contributed by atoms with Gasteiger partial charge in [0.15, 0.2) is 17.4 Å². The van der Waals surface area contributed by atoms with Crippen LogP contribution in [0.4, 0.5) is 8.78 Å². The van der Waals surface area contributed by atoms with Gasteiger partial charge in [-0.05, 0) is 33.8 Å². The number of ether oxygens (including phenoxy) is 2. The first-order chi connectivity index (χ1) is 11.2. The van der Waals surface area contributed by atoms with Crippen molar-refractivity contribution in [2.75, 3.05) is 13.2 Å². The van der Waals surface area contributed by atoms with Crippen LogP contribution in [0.15, 0.2) is 18.2 Å². The van der Waals surface area contributed by atoms with Gasteiger partial charge in [0.2, 0.25) is 5.92 Å². The molecule has 132 valence electrons. The van der Waals surface area contributed by atoms with E-state index in [-0.39, 0.29) is 18.8 Å². The summed E-state index contributed by atoms with van der Waals surface area (Å²) < 4.78 is 37.0. The van der Waals surface area contributed by atoms with Crippen molar-refractivity contribution in [1.82, 2.24) is 0 Å². The van der Waals surface area contributed by atoms with Crippen molar-refractivity contribution in [2.24, 2.45) is 5.92 Å². The predicted octanol–water partition coefficient (Wildman–Crippen LogP) is 2.55. The van der Waals surface area contributed by atoms with E-state index in [0.717, 1.165) is 6.07 Å². The Balaban J connectivity index is 3.31. The number of hydrogen-bond donors (Lipinski definition) is 0. The third-order valence-electron chi connectivity index (χ3n) is 3.55. The molecule has 0 spiro atoms. The highest BCUT2D eigenvalue weighted by Gasteiger charge is 2.46. The summed E-state index contributed by atoms with van der Waals surface area (Å²) >= 11 is 0. The highest BCUT2D eigenvalue weighted by atomic mass is 19.2. The monoisotopic (exact) mass is 342 g/mol. The first-order valence-electron chi connectivity index (χ1n) is 7.50. The molecule has 1 aromatic carbocycles. The standard InChI is InChI=1S/C17H20F2O5/c1-5-23-15(21)12(16(22)24-6-2)14(20)17(3,4)10-8-7-9-11(18)13(10)19/h7-9,12H,5-6H2,1-4H3. The predicted molar refractivity (Wildman–Crippen MR) is 81.1 cm³/mol. The summed E-state index contributed by atoms with van der Waals surface area (Å²) in [4.78, 5) is 36.8. The minimum atomic E-state index is -1.86. The molecule has 0 unspecified atom stereocenters. The van der Waals surface area contributed by atoms with Crippen LogP contribution in [-0.2, 0) is 29.3 Å². The number of hydrogen-bond acceptors (Lipinski definition) is 5. The van der Waals surface area contributed by atoms with Crippen LogP contribution in [0.3, 0.4) is 0 Å². The topological polar surface area (TPSA) is 69.7 Å². The third-order valence-corrected chi connectivity index (χ3v) is 3.55. The maximum Gasteiger partial charge on any atom is 0.328 e. The SMILES string of the molecule is CCOC(=O)C(C(=O)OCC)C(=O)C(C)(C)c1cccc(F)c1F. The van der Waals surface area contributed by atoms with Crippen LogP contribution in [0.25, 0.3) is 0 Å². The summed E-state index contributed by atoms with van der Waals surface area (Å²) in [6.07, 6.45) is 0. The van der Waals surface area contributed by atoms with Gasteiger partial charge in [-0.15, -0.1) is 0 Å². The van der Waals surface area contributed by atoms with E-state index in [2.05, 4.69) is 0 Å². The number of carbonyl (C=O) groups is 3. The fourth-order valence-electron chi connectivity index (χ4n) is 2.24. The van der Waals surface area contributed by atoms with Crippen molar-refractivity contribution < 1.29 is 32.6 Å². The average Bonchev–Trinajstić information content (AvgIpc) is 2.50. The number of ketones is 1. The quantitative estimate of drug-likeness (QED) is 0.563. The molecular formula is C17H20F2O5. The van der Waals surface area contributed by atoms with Gasteiger partial charge in [-0.1, -0.05) is 12.1 Å². The summed E-state index contributed by atoms with van der Waals surface area (Å²) in [5.41, 5.74) is -1.90. The van der Waals surface area contributed by atoms with E-state index in [4.69, 9.17) is 9.47 Å². The van der Waals surface area contributed by atoms with Gasteiger partial charge in [-0.2, -0.15) is 0 Å². The van der Waals surface area contributed by atoms with Crippen LogP contribution in [0.5, 0.6) is 0 Å². The van der Waals surface area contributed by atoms with Crippen LogP contribution in [0, 0.1) is 17.6 Å². The van der Waals surface area contributed by atoms with Gasteiger partial charge in [0, 0.05) is 5.56 Å². The molecule has 0 saturated carbocycles. The van der Waals surface area contributed by atoms with E-state index >= 15 is 0 Å². The molecule has 0 radical (unpaired) electrons. The van der Waals surface area contributed by atoms with Crippen LogP contribution >= 0.6 is 0 Å². The van der Waals surface area contributed by atoms with Gasteiger partial charge in [-0.3, -0.25) is 14.4 Å². The normalized spacial score (nSPS) is 11.3. The molecule has 5 nitrogen and oxygen atoms in total. The van der Waals surface area contributed by atoms with E-state index in [9.17, 15) is 23.2 Å². The summed E-state index contributed by atoms with van der Waals surface area (Å²) in [6, 6.07) is 3.38. The zero-order valence-electron chi connectivity index (χ0n) is 14.0. The van der Waals surface area contributed by atoms with E-state index in [0.29, 0.717) is 0 Å². The second kappa shape index (κ2) is 7.99. The van der Waals surface area contributed by atoms with Gasteiger partial charge < -0.3 is 9.47 Å². The molecule has 0 aromatic heterocycles. The molecule has 0 bridgehead atoms. The number of esters is 2. The van der Waals surface area contributed by atoms with Gasteiger partial charge in [0.1, 0.15) is 0 Å². The maximum absolute atomic E-state index is 14.1. The van der Waals surface area contributed by atoms with E-state index < -0.39 is 40.7 Å². The Kier molecular flexibility index (Phi) is 6.57. The number of benzene rings is 1. The highest BCUT2D eigenvalue weighted by Crippen LogP contribution is 2.31. The lowest BCUT2D eigenvalue weighted by atomic mass is 9.75. The van der Waals surface area contributed by atoms with Gasteiger partial charge in [0.25, 0.3) is 0 Å². The lowest BCUT2D eigenvalue weighted by Crippen LogP contribution is -2.44. The summed E-state index contributed by atoms with van der Waals surface area (Å²) in [6.45, 7) is 5.55. The van der Waals surface area contributed by atoms with Crippen molar-refractivity contribution in [3.63, 3.8) is 0 Å². The zero-order chi connectivity index (χ0) is 18.5. The molecule has 0 aliphatic heterocycles. The van der Waals surface area contributed by atoms with Crippen LogP contribution in [-0.4, -0.2) is 30.9 Å². The second-order valence-corrected chi connectivity index (χ2v) is 5.53. The smallest absolute Gasteiger partial charge is 0.328 e. The molecule has 0 amide bonds. The highest BCUT2D eigenvalue weighted by molar-refractivity contribution is 6.17. The summed E-state index contributed by atoms with van der Waals surface area (Å²) in [5.74, 6) is -7.28. The molecule has 0 aliphatic carbocycles. The number of Topliss-reactive ketones (excluding diaryl/α,β-unsaturated/α-hetero) is 1.